The lowest BCUT2D eigenvalue weighted by atomic mass is 9.84. The average Bonchev–Trinajstić information content (AvgIpc) is 2.83. The van der Waals surface area contributed by atoms with E-state index >= 15 is 0 Å². The molecule has 1 heterocycles. The monoisotopic (exact) mass is 447 g/mol. The van der Waals surface area contributed by atoms with Gasteiger partial charge in [0.2, 0.25) is 5.71 Å². The number of nitrogens with zero attached hydrogens (tertiary/aromatic N) is 2. The number of likely N-dealkylation sites (N-methyl/N-ethyl adjacent to an activating group) is 1. The number of hydrogen-bond acceptors (Lipinski definition) is 3. The summed E-state index contributed by atoms with van der Waals surface area (Å²) < 4.78 is 8.64. The van der Waals surface area contributed by atoms with Crippen molar-refractivity contribution in [2.24, 2.45) is 5.92 Å². The Labute approximate surface area is 197 Å². The number of carboxylic acids is 1. The van der Waals surface area contributed by atoms with Crippen LogP contribution < -0.4 is 0 Å². The van der Waals surface area contributed by atoms with Crippen LogP contribution in [0.15, 0.2) is 78.3 Å². The molecule has 5 heteroatoms. The van der Waals surface area contributed by atoms with Gasteiger partial charge in [-0.05, 0) is 57.0 Å². The summed E-state index contributed by atoms with van der Waals surface area (Å²) in [6.07, 6.45) is 14.6. The Morgan fingerprint density at radius 2 is 1.85 bits per heavy atom. The number of carbonyl (C=O) groups is 1. The third-order valence-electron chi connectivity index (χ3n) is 6.20. The summed E-state index contributed by atoms with van der Waals surface area (Å²) in [7, 11) is 0. The predicted octanol–water partition coefficient (Wildman–Crippen LogP) is 5.14. The lowest BCUT2D eigenvalue weighted by Crippen LogP contribution is -2.24. The van der Waals surface area contributed by atoms with Crippen LogP contribution in [-0.4, -0.2) is 59.0 Å². The number of benzene rings is 1. The van der Waals surface area contributed by atoms with E-state index in [-0.39, 0.29) is 5.92 Å². The number of rotatable bonds is 7. The second-order valence-corrected chi connectivity index (χ2v) is 7.92. The zero-order valence-electron chi connectivity index (χ0n) is 20.1. The van der Waals surface area contributed by atoms with Crippen molar-refractivity contribution in [2.75, 3.05) is 32.8 Å². The second kappa shape index (κ2) is 11.5. The number of carboxylic acid groups (broad SMARTS) is 1. The summed E-state index contributed by atoms with van der Waals surface area (Å²) in [5.41, 5.74) is 4.11. The molecule has 0 spiro atoms. The number of allylic oxidation sites excluding steroid dienone is 6. The van der Waals surface area contributed by atoms with Gasteiger partial charge in [0.05, 0.1) is 11.5 Å². The molecule has 0 aromatic heterocycles. The first-order valence-corrected chi connectivity index (χ1v) is 11.8. The van der Waals surface area contributed by atoms with E-state index < -0.39 is 5.97 Å². The van der Waals surface area contributed by atoms with Crippen molar-refractivity contribution >= 4 is 17.3 Å². The minimum absolute atomic E-state index is 0.169. The highest BCUT2D eigenvalue weighted by atomic mass is 16.5. The maximum Gasteiger partial charge on any atom is 0.336 e. The Bertz CT molecular complexity index is 1050. The highest BCUT2D eigenvalue weighted by molar-refractivity contribution is 6.03. The molecule has 1 N–H and O–H groups in total. The lowest BCUT2D eigenvalue weighted by Gasteiger charge is -2.26. The summed E-state index contributed by atoms with van der Waals surface area (Å²) in [6.45, 7) is 12.6. The second-order valence-electron chi connectivity index (χ2n) is 7.92. The molecule has 0 fully saturated rings. The van der Waals surface area contributed by atoms with Crippen molar-refractivity contribution in [3.8, 4) is 0 Å². The van der Waals surface area contributed by atoms with Crippen LogP contribution in [0.1, 0.15) is 43.6 Å². The van der Waals surface area contributed by atoms with E-state index in [2.05, 4.69) is 67.6 Å². The van der Waals surface area contributed by atoms with E-state index in [1.54, 1.807) is 12.1 Å². The molecule has 1 aliphatic heterocycles. The van der Waals surface area contributed by atoms with E-state index in [9.17, 15) is 9.90 Å². The third kappa shape index (κ3) is 5.54. The minimum atomic E-state index is -0.932. The quantitative estimate of drug-likeness (QED) is 0.588. The van der Waals surface area contributed by atoms with E-state index in [4.69, 9.17) is 4.74 Å². The van der Waals surface area contributed by atoms with Crippen LogP contribution in [0.4, 0.5) is 0 Å². The van der Waals surface area contributed by atoms with Gasteiger partial charge >= 0.3 is 5.97 Å². The predicted molar refractivity (Wildman–Crippen MR) is 135 cm³/mol. The normalized spacial score (nSPS) is 22.0. The molecule has 0 radical (unpaired) electrons. The van der Waals surface area contributed by atoms with Crippen molar-refractivity contribution in [1.82, 2.24) is 4.90 Å². The largest absolute Gasteiger partial charge is 0.493 e. The molecule has 1 aromatic rings. The third-order valence-corrected chi connectivity index (χ3v) is 6.20. The molecule has 1 atom stereocenters. The zero-order valence-corrected chi connectivity index (χ0v) is 20.1. The van der Waals surface area contributed by atoms with Gasteiger partial charge in [0, 0.05) is 30.9 Å². The molecule has 0 bridgehead atoms. The summed E-state index contributed by atoms with van der Waals surface area (Å²) in [4.78, 5) is 14.3. The zero-order chi connectivity index (χ0) is 23.8. The fourth-order valence-corrected chi connectivity index (χ4v) is 4.39. The lowest BCUT2D eigenvalue weighted by molar-refractivity contribution is -0.519. The standard InChI is InChI=1S/C28H34N2O3/c1-5-29(6-2)21-12-11-15-23(24-13-9-10-14-26(24)28(31)32)25-17-16-22(30(7-3)8-4)20-27(25)33-19-18-21/h9-18,20,25H,5-8,19H2,1-4H3/p+1/b12-11-,21-18+,23-15+. The van der Waals surface area contributed by atoms with Gasteiger partial charge in [0.1, 0.15) is 25.5 Å². The summed E-state index contributed by atoms with van der Waals surface area (Å²) in [5, 5.41) is 9.84. The molecule has 5 nitrogen and oxygen atoms in total. The first-order valence-electron chi connectivity index (χ1n) is 11.8. The van der Waals surface area contributed by atoms with Gasteiger partial charge in [-0.3, -0.25) is 0 Å². The Balaban J connectivity index is 2.18. The van der Waals surface area contributed by atoms with Crippen molar-refractivity contribution in [1.29, 1.82) is 0 Å². The number of hydrogen-bond donors (Lipinski definition) is 1. The van der Waals surface area contributed by atoms with Gasteiger partial charge in [-0.15, -0.1) is 0 Å². The highest BCUT2D eigenvalue weighted by Gasteiger charge is 2.27. The van der Waals surface area contributed by atoms with E-state index in [1.807, 2.05) is 24.3 Å². The molecule has 174 valence electrons. The fraction of sp³-hybridized carbons (Fsp3) is 0.357. The maximum atomic E-state index is 12.0. The van der Waals surface area contributed by atoms with Crippen molar-refractivity contribution < 1.29 is 19.2 Å². The van der Waals surface area contributed by atoms with Gasteiger partial charge in [-0.1, -0.05) is 36.4 Å². The minimum Gasteiger partial charge on any atom is -0.493 e. The number of fused-ring (bicyclic) bond motifs is 1. The highest BCUT2D eigenvalue weighted by Crippen LogP contribution is 2.35. The van der Waals surface area contributed by atoms with Crippen LogP contribution in [0.2, 0.25) is 0 Å². The SMILES string of the molecule is CCN(CC)C1=C/COC2=CC(=[N+](CC)CC)C=CC2/C(c2ccccc2C(=O)O)=C/C=C\1. The smallest absolute Gasteiger partial charge is 0.336 e. The molecular weight excluding hydrogens is 412 g/mol. The number of ether oxygens (including phenoxy) is 1. The van der Waals surface area contributed by atoms with Gasteiger partial charge in [0.15, 0.2) is 0 Å². The molecular formula is C28H35N2O3+. The van der Waals surface area contributed by atoms with Gasteiger partial charge in [0.25, 0.3) is 0 Å². The van der Waals surface area contributed by atoms with Gasteiger partial charge < -0.3 is 14.7 Å². The Hall–Kier alpha value is -3.34. The summed E-state index contributed by atoms with van der Waals surface area (Å²) in [5.74, 6) is -0.271. The van der Waals surface area contributed by atoms with Gasteiger partial charge in [-0.2, -0.15) is 0 Å². The molecule has 1 aliphatic carbocycles. The van der Waals surface area contributed by atoms with Crippen molar-refractivity contribution in [3.63, 3.8) is 0 Å². The van der Waals surface area contributed by atoms with Gasteiger partial charge in [-0.25, -0.2) is 9.37 Å². The first-order chi connectivity index (χ1) is 16.0. The topological polar surface area (TPSA) is 52.8 Å². The van der Waals surface area contributed by atoms with Crippen molar-refractivity contribution in [3.05, 3.63) is 89.4 Å². The molecule has 3 rings (SSSR count). The summed E-state index contributed by atoms with van der Waals surface area (Å²) in [6, 6.07) is 7.19. The molecule has 1 unspecified atom stereocenters. The molecule has 33 heavy (non-hydrogen) atoms. The van der Waals surface area contributed by atoms with E-state index in [0.717, 1.165) is 48.9 Å². The van der Waals surface area contributed by atoms with Crippen LogP contribution in [-0.2, 0) is 4.74 Å². The van der Waals surface area contributed by atoms with E-state index in [1.165, 1.54) is 0 Å². The molecule has 0 saturated carbocycles. The van der Waals surface area contributed by atoms with Crippen LogP contribution in [0, 0.1) is 5.92 Å². The summed E-state index contributed by atoms with van der Waals surface area (Å²) >= 11 is 0. The molecule has 0 saturated heterocycles. The van der Waals surface area contributed by atoms with Crippen LogP contribution >= 0.6 is 0 Å². The van der Waals surface area contributed by atoms with E-state index in [0.29, 0.717) is 17.7 Å². The Morgan fingerprint density at radius 3 is 2.52 bits per heavy atom. The molecule has 0 amide bonds. The van der Waals surface area contributed by atoms with Crippen LogP contribution in [0.25, 0.3) is 5.57 Å². The number of aromatic carboxylic acids is 1. The van der Waals surface area contributed by atoms with Crippen molar-refractivity contribution in [2.45, 2.75) is 27.7 Å². The molecule has 1 aromatic carbocycles. The van der Waals surface area contributed by atoms with Crippen LogP contribution in [0.3, 0.4) is 0 Å². The Kier molecular flexibility index (Phi) is 8.47. The van der Waals surface area contributed by atoms with Crippen LogP contribution in [0.5, 0.6) is 0 Å². The Morgan fingerprint density at radius 1 is 1.12 bits per heavy atom. The fourth-order valence-electron chi connectivity index (χ4n) is 4.39. The average molecular weight is 448 g/mol. The maximum absolute atomic E-state index is 12.0. The first kappa shape index (κ1) is 24.3. The molecule has 2 aliphatic rings.